The molecule has 3 nitrogen and oxygen atoms in total. The van der Waals surface area contributed by atoms with E-state index in [0.717, 1.165) is 16.8 Å². The van der Waals surface area contributed by atoms with Crippen molar-refractivity contribution >= 4 is 16.9 Å². The minimum Gasteiger partial charge on any atom is -0.478 e. The highest BCUT2D eigenvalue weighted by Gasteiger charge is 2.18. The molecule has 1 heterocycles. The first kappa shape index (κ1) is 13.3. The van der Waals surface area contributed by atoms with Gasteiger partial charge in [-0.05, 0) is 31.5 Å². The van der Waals surface area contributed by atoms with Crippen molar-refractivity contribution in [2.45, 2.75) is 13.8 Å². The van der Waals surface area contributed by atoms with Crippen LogP contribution in [-0.4, -0.2) is 16.1 Å². The van der Waals surface area contributed by atoms with Crippen LogP contribution in [0.3, 0.4) is 0 Å². The fourth-order valence-corrected chi connectivity index (χ4v) is 2.63. The van der Waals surface area contributed by atoms with E-state index in [9.17, 15) is 9.90 Å². The van der Waals surface area contributed by atoms with E-state index in [1.165, 1.54) is 0 Å². The number of benzene rings is 2. The lowest BCUT2D eigenvalue weighted by Crippen LogP contribution is -2.05. The number of hydrogen-bond donors (Lipinski definition) is 1. The van der Waals surface area contributed by atoms with Crippen LogP contribution in [0.15, 0.2) is 48.5 Å². The van der Waals surface area contributed by atoms with Gasteiger partial charge in [-0.25, -0.2) is 9.78 Å². The zero-order valence-electron chi connectivity index (χ0n) is 11.9. The molecule has 21 heavy (non-hydrogen) atoms. The summed E-state index contributed by atoms with van der Waals surface area (Å²) in [5.41, 5.74) is 4.43. The van der Waals surface area contributed by atoms with Gasteiger partial charge in [-0.3, -0.25) is 0 Å². The van der Waals surface area contributed by atoms with Crippen LogP contribution in [0.5, 0.6) is 0 Å². The molecular formula is C18H15NO2. The Bertz CT molecular complexity index is 839. The van der Waals surface area contributed by atoms with Crippen molar-refractivity contribution < 1.29 is 9.90 Å². The SMILES string of the molecule is Cc1ccc2nc(-c3ccccc3)c(C)c(C(=O)O)c2c1. The normalized spacial score (nSPS) is 10.8. The van der Waals surface area contributed by atoms with Crippen molar-refractivity contribution in [3.05, 3.63) is 65.2 Å². The van der Waals surface area contributed by atoms with Crippen molar-refractivity contribution in [3.8, 4) is 11.3 Å². The number of nitrogens with zero attached hydrogens (tertiary/aromatic N) is 1. The molecule has 0 radical (unpaired) electrons. The van der Waals surface area contributed by atoms with Gasteiger partial charge in [0.25, 0.3) is 0 Å². The predicted octanol–water partition coefficient (Wildman–Crippen LogP) is 4.22. The van der Waals surface area contributed by atoms with E-state index in [1.807, 2.05) is 62.4 Å². The largest absolute Gasteiger partial charge is 0.478 e. The topological polar surface area (TPSA) is 50.2 Å². The minimum atomic E-state index is -0.914. The summed E-state index contributed by atoms with van der Waals surface area (Å²) in [6.45, 7) is 3.77. The van der Waals surface area contributed by atoms with Crippen LogP contribution >= 0.6 is 0 Å². The van der Waals surface area contributed by atoms with Gasteiger partial charge in [-0.15, -0.1) is 0 Å². The molecular weight excluding hydrogens is 262 g/mol. The molecule has 1 N–H and O–H groups in total. The van der Waals surface area contributed by atoms with Crippen molar-refractivity contribution in [1.29, 1.82) is 0 Å². The lowest BCUT2D eigenvalue weighted by Gasteiger charge is -2.12. The Morgan fingerprint density at radius 3 is 2.43 bits per heavy atom. The number of pyridine rings is 1. The fourth-order valence-electron chi connectivity index (χ4n) is 2.63. The standard InChI is InChI=1S/C18H15NO2/c1-11-8-9-15-14(10-11)16(18(20)21)12(2)17(19-15)13-6-4-3-5-7-13/h3-10H,1-2H3,(H,20,21). The summed E-state index contributed by atoms with van der Waals surface area (Å²) in [4.78, 5) is 16.4. The summed E-state index contributed by atoms with van der Waals surface area (Å²) in [6.07, 6.45) is 0. The van der Waals surface area contributed by atoms with Crippen molar-refractivity contribution in [2.24, 2.45) is 0 Å². The van der Waals surface area contributed by atoms with Crippen molar-refractivity contribution in [1.82, 2.24) is 4.98 Å². The quantitative estimate of drug-likeness (QED) is 0.763. The second-order valence-electron chi connectivity index (χ2n) is 5.15. The average Bonchev–Trinajstić information content (AvgIpc) is 2.47. The molecule has 0 aliphatic carbocycles. The van der Waals surface area contributed by atoms with Crippen LogP contribution in [0.1, 0.15) is 21.5 Å². The maximum Gasteiger partial charge on any atom is 0.336 e. The van der Waals surface area contributed by atoms with Gasteiger partial charge in [-0.1, -0.05) is 42.0 Å². The summed E-state index contributed by atoms with van der Waals surface area (Å²) >= 11 is 0. The van der Waals surface area contributed by atoms with E-state index in [-0.39, 0.29) is 0 Å². The van der Waals surface area contributed by atoms with Crippen molar-refractivity contribution in [3.63, 3.8) is 0 Å². The van der Waals surface area contributed by atoms with Crippen LogP contribution in [0.2, 0.25) is 0 Å². The van der Waals surface area contributed by atoms with E-state index in [0.29, 0.717) is 22.0 Å². The van der Waals surface area contributed by atoms with Gasteiger partial charge in [0.15, 0.2) is 0 Å². The van der Waals surface area contributed by atoms with Crippen LogP contribution in [0, 0.1) is 13.8 Å². The number of fused-ring (bicyclic) bond motifs is 1. The summed E-state index contributed by atoms with van der Waals surface area (Å²) in [6, 6.07) is 15.4. The highest BCUT2D eigenvalue weighted by atomic mass is 16.4. The molecule has 0 aliphatic heterocycles. The Labute approximate surface area is 122 Å². The lowest BCUT2D eigenvalue weighted by atomic mass is 9.97. The molecule has 2 aromatic carbocycles. The van der Waals surface area contributed by atoms with E-state index in [1.54, 1.807) is 0 Å². The van der Waals surface area contributed by atoms with Gasteiger partial charge in [0, 0.05) is 10.9 Å². The van der Waals surface area contributed by atoms with Gasteiger partial charge in [0.05, 0.1) is 16.8 Å². The first-order chi connectivity index (χ1) is 10.1. The highest BCUT2D eigenvalue weighted by molar-refractivity contribution is 6.05. The molecule has 3 aromatic rings. The van der Waals surface area contributed by atoms with Crippen LogP contribution < -0.4 is 0 Å². The number of carbonyl (C=O) groups is 1. The van der Waals surface area contributed by atoms with Crippen LogP contribution in [-0.2, 0) is 0 Å². The maximum atomic E-state index is 11.7. The number of aromatic nitrogens is 1. The molecule has 0 atom stereocenters. The molecule has 0 fully saturated rings. The third kappa shape index (κ3) is 2.27. The number of rotatable bonds is 2. The van der Waals surface area contributed by atoms with Gasteiger partial charge < -0.3 is 5.11 Å². The van der Waals surface area contributed by atoms with Crippen molar-refractivity contribution in [2.75, 3.05) is 0 Å². The monoisotopic (exact) mass is 277 g/mol. The smallest absolute Gasteiger partial charge is 0.336 e. The molecule has 3 rings (SSSR count). The Kier molecular flexibility index (Phi) is 3.18. The van der Waals surface area contributed by atoms with Crippen LogP contribution in [0.25, 0.3) is 22.2 Å². The molecule has 0 saturated carbocycles. The molecule has 1 aromatic heterocycles. The van der Waals surface area contributed by atoms with Gasteiger partial charge in [0.2, 0.25) is 0 Å². The molecule has 0 amide bonds. The van der Waals surface area contributed by atoms with Gasteiger partial charge in [-0.2, -0.15) is 0 Å². The van der Waals surface area contributed by atoms with E-state index in [2.05, 4.69) is 4.98 Å². The lowest BCUT2D eigenvalue weighted by molar-refractivity contribution is 0.0698. The Balaban J connectivity index is 2.41. The van der Waals surface area contributed by atoms with Gasteiger partial charge >= 0.3 is 5.97 Å². The van der Waals surface area contributed by atoms with E-state index < -0.39 is 5.97 Å². The first-order valence-corrected chi connectivity index (χ1v) is 6.77. The molecule has 0 unspecified atom stereocenters. The highest BCUT2D eigenvalue weighted by Crippen LogP contribution is 2.30. The maximum absolute atomic E-state index is 11.7. The number of carboxylic acid groups (broad SMARTS) is 1. The number of aromatic carboxylic acids is 1. The molecule has 0 saturated heterocycles. The Hall–Kier alpha value is -2.68. The Morgan fingerprint density at radius 1 is 1.05 bits per heavy atom. The summed E-state index contributed by atoms with van der Waals surface area (Å²) in [5.74, 6) is -0.914. The third-order valence-corrected chi connectivity index (χ3v) is 3.64. The second-order valence-corrected chi connectivity index (χ2v) is 5.15. The molecule has 0 bridgehead atoms. The zero-order chi connectivity index (χ0) is 15.0. The van der Waals surface area contributed by atoms with Crippen LogP contribution in [0.4, 0.5) is 0 Å². The second kappa shape index (κ2) is 5.02. The van der Waals surface area contributed by atoms with E-state index >= 15 is 0 Å². The van der Waals surface area contributed by atoms with E-state index in [4.69, 9.17) is 0 Å². The molecule has 3 heteroatoms. The fraction of sp³-hybridized carbons (Fsp3) is 0.111. The minimum absolute atomic E-state index is 0.336. The summed E-state index contributed by atoms with van der Waals surface area (Å²) in [7, 11) is 0. The van der Waals surface area contributed by atoms with Gasteiger partial charge in [0.1, 0.15) is 0 Å². The molecule has 104 valence electrons. The average molecular weight is 277 g/mol. The third-order valence-electron chi connectivity index (χ3n) is 3.64. The first-order valence-electron chi connectivity index (χ1n) is 6.77. The molecule has 0 aliphatic rings. The number of aryl methyl sites for hydroxylation is 1. The summed E-state index contributed by atoms with van der Waals surface area (Å²) < 4.78 is 0. The zero-order valence-corrected chi connectivity index (χ0v) is 11.9. The molecule has 0 spiro atoms. The number of hydrogen-bond acceptors (Lipinski definition) is 2. The number of carboxylic acids is 1. The predicted molar refractivity (Wildman–Crippen MR) is 83.6 cm³/mol. The Morgan fingerprint density at radius 2 is 1.76 bits per heavy atom. The summed E-state index contributed by atoms with van der Waals surface area (Å²) in [5, 5.41) is 10.3.